The van der Waals surface area contributed by atoms with Crippen molar-refractivity contribution in [1.82, 2.24) is 5.32 Å². The molecular formula is C19H22F3NO4. The van der Waals surface area contributed by atoms with Crippen LogP contribution in [0.1, 0.15) is 17.2 Å². The Morgan fingerprint density at radius 3 is 2.30 bits per heavy atom. The topological polar surface area (TPSA) is 60.0 Å². The van der Waals surface area contributed by atoms with Gasteiger partial charge >= 0.3 is 6.18 Å². The predicted molar refractivity (Wildman–Crippen MR) is 94.2 cm³/mol. The molecule has 2 rings (SSSR count). The highest BCUT2D eigenvalue weighted by atomic mass is 19.4. The molecular weight excluding hydrogens is 363 g/mol. The summed E-state index contributed by atoms with van der Waals surface area (Å²) in [5, 5.41) is 13.3. The average Bonchev–Trinajstić information content (AvgIpc) is 2.66. The zero-order chi connectivity index (χ0) is 19.9. The van der Waals surface area contributed by atoms with Crippen LogP contribution >= 0.6 is 0 Å². The molecule has 148 valence electrons. The molecule has 0 heterocycles. The predicted octanol–water partition coefficient (Wildman–Crippen LogP) is 3.47. The van der Waals surface area contributed by atoms with E-state index in [1.165, 1.54) is 13.2 Å². The van der Waals surface area contributed by atoms with Gasteiger partial charge in [0, 0.05) is 13.1 Å². The van der Waals surface area contributed by atoms with Gasteiger partial charge in [0.2, 0.25) is 0 Å². The lowest BCUT2D eigenvalue weighted by Crippen LogP contribution is -2.21. The number of ether oxygens (including phenoxy) is 3. The van der Waals surface area contributed by atoms with E-state index >= 15 is 0 Å². The molecule has 0 saturated carbocycles. The van der Waals surface area contributed by atoms with E-state index < -0.39 is 18.9 Å². The van der Waals surface area contributed by atoms with Gasteiger partial charge in [0.05, 0.1) is 20.3 Å². The number of aliphatic hydroxyl groups is 1. The summed E-state index contributed by atoms with van der Waals surface area (Å²) in [6.07, 6.45) is -5.12. The van der Waals surface area contributed by atoms with Crippen molar-refractivity contribution in [1.29, 1.82) is 0 Å². The molecule has 0 spiro atoms. The van der Waals surface area contributed by atoms with E-state index in [0.29, 0.717) is 18.8 Å². The smallest absolute Gasteiger partial charge is 0.422 e. The molecule has 0 aliphatic carbocycles. The third-order valence-corrected chi connectivity index (χ3v) is 3.79. The largest absolute Gasteiger partial charge is 0.497 e. The second-order valence-corrected chi connectivity index (χ2v) is 5.81. The Bertz CT molecular complexity index is 720. The maximum absolute atomic E-state index is 12.3. The fourth-order valence-corrected chi connectivity index (χ4v) is 2.40. The molecule has 5 nitrogen and oxygen atoms in total. The van der Waals surface area contributed by atoms with Gasteiger partial charge in [0.15, 0.2) is 18.1 Å². The molecule has 2 aromatic rings. The van der Waals surface area contributed by atoms with Crippen LogP contribution in [0.3, 0.4) is 0 Å². The molecule has 0 saturated heterocycles. The third-order valence-electron chi connectivity index (χ3n) is 3.79. The van der Waals surface area contributed by atoms with Gasteiger partial charge < -0.3 is 24.6 Å². The van der Waals surface area contributed by atoms with Crippen LogP contribution in [-0.4, -0.2) is 38.7 Å². The summed E-state index contributed by atoms with van der Waals surface area (Å²) >= 11 is 0. The summed E-state index contributed by atoms with van der Waals surface area (Å²) in [6.45, 7) is -0.668. The summed E-state index contributed by atoms with van der Waals surface area (Å²) in [5.41, 5.74) is 1.53. The SMILES string of the molecule is COc1ccc(C(O)CNCc2ccc(OCC(F)(F)F)c(OC)c2)cc1. The first-order valence-corrected chi connectivity index (χ1v) is 8.21. The van der Waals surface area contributed by atoms with E-state index in [0.717, 1.165) is 11.1 Å². The molecule has 0 fully saturated rings. The number of halogens is 3. The molecule has 0 aliphatic heterocycles. The quantitative estimate of drug-likeness (QED) is 0.692. The van der Waals surface area contributed by atoms with Crippen molar-refractivity contribution in [3.8, 4) is 17.2 Å². The Morgan fingerprint density at radius 2 is 1.70 bits per heavy atom. The molecule has 0 aromatic heterocycles. The summed E-state index contributed by atoms with van der Waals surface area (Å²) in [4.78, 5) is 0. The van der Waals surface area contributed by atoms with Crippen molar-refractivity contribution in [2.45, 2.75) is 18.8 Å². The number of hydrogen-bond donors (Lipinski definition) is 2. The number of rotatable bonds is 9. The van der Waals surface area contributed by atoms with E-state index in [-0.39, 0.29) is 11.5 Å². The Morgan fingerprint density at radius 1 is 1.00 bits per heavy atom. The van der Waals surface area contributed by atoms with Gasteiger partial charge in [-0.05, 0) is 35.4 Å². The van der Waals surface area contributed by atoms with Gasteiger partial charge in [0.25, 0.3) is 0 Å². The second-order valence-electron chi connectivity index (χ2n) is 5.81. The Labute approximate surface area is 155 Å². The Hall–Kier alpha value is -2.45. The first-order chi connectivity index (χ1) is 12.8. The van der Waals surface area contributed by atoms with E-state index in [4.69, 9.17) is 14.2 Å². The van der Waals surface area contributed by atoms with Crippen LogP contribution in [0, 0.1) is 0 Å². The van der Waals surface area contributed by atoms with Gasteiger partial charge in [-0.1, -0.05) is 18.2 Å². The first kappa shape index (κ1) is 20.9. The minimum Gasteiger partial charge on any atom is -0.497 e. The van der Waals surface area contributed by atoms with Crippen LogP contribution in [0.15, 0.2) is 42.5 Å². The van der Waals surface area contributed by atoms with Crippen LogP contribution in [-0.2, 0) is 6.54 Å². The van der Waals surface area contributed by atoms with Crippen molar-refractivity contribution in [2.75, 3.05) is 27.4 Å². The Balaban J connectivity index is 1.89. The van der Waals surface area contributed by atoms with E-state index in [1.54, 1.807) is 43.5 Å². The van der Waals surface area contributed by atoms with E-state index in [9.17, 15) is 18.3 Å². The molecule has 0 amide bonds. The highest BCUT2D eigenvalue weighted by molar-refractivity contribution is 5.43. The maximum Gasteiger partial charge on any atom is 0.422 e. The number of aliphatic hydroxyl groups excluding tert-OH is 1. The average molecular weight is 385 g/mol. The van der Waals surface area contributed by atoms with Crippen molar-refractivity contribution >= 4 is 0 Å². The molecule has 0 bridgehead atoms. The number of nitrogens with one attached hydrogen (secondary N) is 1. The van der Waals surface area contributed by atoms with E-state index in [2.05, 4.69) is 5.32 Å². The first-order valence-electron chi connectivity index (χ1n) is 8.21. The summed E-state index contributed by atoms with van der Waals surface area (Å²) in [6, 6.07) is 11.8. The molecule has 1 atom stereocenters. The van der Waals surface area contributed by atoms with Crippen LogP contribution in [0.4, 0.5) is 13.2 Å². The lowest BCUT2D eigenvalue weighted by molar-refractivity contribution is -0.153. The van der Waals surface area contributed by atoms with Crippen LogP contribution in [0.5, 0.6) is 17.2 Å². The zero-order valence-electron chi connectivity index (χ0n) is 15.0. The van der Waals surface area contributed by atoms with Crippen LogP contribution < -0.4 is 19.5 Å². The van der Waals surface area contributed by atoms with Gasteiger partial charge in [-0.2, -0.15) is 13.2 Å². The number of hydrogen-bond acceptors (Lipinski definition) is 5. The maximum atomic E-state index is 12.3. The van der Waals surface area contributed by atoms with Crippen molar-refractivity contribution < 1.29 is 32.5 Å². The van der Waals surface area contributed by atoms with Crippen LogP contribution in [0.2, 0.25) is 0 Å². The fourth-order valence-electron chi connectivity index (χ4n) is 2.40. The van der Waals surface area contributed by atoms with Gasteiger partial charge in [-0.15, -0.1) is 0 Å². The molecule has 8 heteroatoms. The van der Waals surface area contributed by atoms with E-state index in [1.807, 2.05) is 0 Å². The minimum absolute atomic E-state index is 0.0249. The third kappa shape index (κ3) is 6.65. The van der Waals surface area contributed by atoms with Gasteiger partial charge in [-0.25, -0.2) is 0 Å². The minimum atomic E-state index is -4.41. The zero-order valence-corrected chi connectivity index (χ0v) is 15.0. The van der Waals surface area contributed by atoms with Crippen molar-refractivity contribution in [3.05, 3.63) is 53.6 Å². The molecule has 2 N–H and O–H groups in total. The highest BCUT2D eigenvalue weighted by Crippen LogP contribution is 2.29. The van der Waals surface area contributed by atoms with Gasteiger partial charge in [0.1, 0.15) is 5.75 Å². The monoisotopic (exact) mass is 385 g/mol. The number of benzene rings is 2. The summed E-state index contributed by atoms with van der Waals surface area (Å²) < 4.78 is 51.7. The van der Waals surface area contributed by atoms with Crippen LogP contribution in [0.25, 0.3) is 0 Å². The molecule has 27 heavy (non-hydrogen) atoms. The summed E-state index contributed by atoms with van der Waals surface area (Å²) in [7, 11) is 2.93. The van der Waals surface area contributed by atoms with Crippen molar-refractivity contribution in [2.24, 2.45) is 0 Å². The van der Waals surface area contributed by atoms with Gasteiger partial charge in [-0.3, -0.25) is 0 Å². The summed E-state index contributed by atoms with van der Waals surface area (Å²) in [5.74, 6) is 0.949. The lowest BCUT2D eigenvalue weighted by atomic mass is 10.1. The second kappa shape index (κ2) is 9.48. The normalized spacial score (nSPS) is 12.5. The highest BCUT2D eigenvalue weighted by Gasteiger charge is 2.29. The van der Waals surface area contributed by atoms with Crippen molar-refractivity contribution in [3.63, 3.8) is 0 Å². The molecule has 0 radical (unpaired) electrons. The molecule has 2 aromatic carbocycles. The molecule has 0 aliphatic rings. The lowest BCUT2D eigenvalue weighted by Gasteiger charge is -2.15. The Kier molecular flexibility index (Phi) is 7.32. The molecule has 1 unspecified atom stereocenters. The fraction of sp³-hybridized carbons (Fsp3) is 0.368. The standard InChI is InChI=1S/C19H22F3NO4/c1-25-15-6-4-14(5-7-15)16(24)11-23-10-13-3-8-17(18(9-13)26-2)27-12-19(20,21)22/h3-9,16,23-24H,10-12H2,1-2H3. The number of alkyl halides is 3. The number of methoxy groups -OCH3 is 2.